The van der Waals surface area contributed by atoms with Crippen molar-refractivity contribution in [3.05, 3.63) is 0 Å². The highest BCUT2D eigenvalue weighted by Gasteiger charge is 2.18. The van der Waals surface area contributed by atoms with Gasteiger partial charge in [0.2, 0.25) is 0 Å². The maximum atomic E-state index is 9.21. The fourth-order valence-corrected chi connectivity index (χ4v) is 1.35. The van der Waals surface area contributed by atoms with Crippen LogP contribution in [-0.4, -0.2) is 36.5 Å². The van der Waals surface area contributed by atoms with E-state index in [2.05, 4.69) is 5.32 Å². The van der Waals surface area contributed by atoms with Crippen molar-refractivity contribution in [3.63, 3.8) is 0 Å². The van der Waals surface area contributed by atoms with E-state index in [-0.39, 0.29) is 12.2 Å². The van der Waals surface area contributed by atoms with Gasteiger partial charge in [-0.25, -0.2) is 0 Å². The van der Waals surface area contributed by atoms with Crippen LogP contribution < -0.4 is 5.32 Å². The van der Waals surface area contributed by atoms with Gasteiger partial charge in [0.25, 0.3) is 0 Å². The Labute approximate surface area is 74.1 Å². The molecule has 0 aromatic rings. The minimum Gasteiger partial charge on any atom is -0.391 e. The van der Waals surface area contributed by atoms with E-state index in [4.69, 9.17) is 4.74 Å². The highest BCUT2D eigenvalue weighted by Crippen LogP contribution is 2.10. The van der Waals surface area contributed by atoms with Gasteiger partial charge in [-0.15, -0.1) is 0 Å². The number of ether oxygens (including phenoxy) is 1. The molecular weight excluding hydrogens is 154 g/mol. The van der Waals surface area contributed by atoms with Crippen LogP contribution in [0.4, 0.5) is 0 Å². The summed E-state index contributed by atoms with van der Waals surface area (Å²) in [6.45, 7) is 5.71. The Bertz CT molecular complexity index is 122. The van der Waals surface area contributed by atoms with Crippen molar-refractivity contribution < 1.29 is 9.84 Å². The van der Waals surface area contributed by atoms with Gasteiger partial charge in [0.15, 0.2) is 0 Å². The van der Waals surface area contributed by atoms with Crippen LogP contribution in [0.5, 0.6) is 0 Å². The number of hydrogen-bond acceptors (Lipinski definition) is 3. The molecule has 1 fully saturated rings. The molecule has 0 radical (unpaired) electrons. The molecule has 2 N–H and O–H groups in total. The number of piperidine rings is 1. The zero-order chi connectivity index (χ0) is 8.97. The standard InChI is InChI=1S/C9H19NO2/c1-7(11)8(2)12-9-4-3-5-10-6-9/h7-11H,3-6H2,1-2H3/t7?,8?,9-/m0/s1. The molecular formula is C9H19NO2. The lowest BCUT2D eigenvalue weighted by atomic mass is 10.1. The first-order chi connectivity index (χ1) is 5.70. The van der Waals surface area contributed by atoms with E-state index in [9.17, 15) is 5.11 Å². The Kier molecular flexibility index (Phi) is 3.98. The van der Waals surface area contributed by atoms with E-state index in [1.54, 1.807) is 6.92 Å². The molecule has 0 aromatic carbocycles. The molecule has 1 saturated heterocycles. The van der Waals surface area contributed by atoms with Gasteiger partial charge in [0.05, 0.1) is 18.3 Å². The molecule has 2 unspecified atom stereocenters. The normalized spacial score (nSPS) is 29.8. The Morgan fingerprint density at radius 3 is 2.75 bits per heavy atom. The minimum atomic E-state index is -0.369. The van der Waals surface area contributed by atoms with Crippen molar-refractivity contribution in [2.24, 2.45) is 0 Å². The molecule has 3 heteroatoms. The van der Waals surface area contributed by atoms with Gasteiger partial charge in [0, 0.05) is 6.54 Å². The number of aliphatic hydroxyl groups is 1. The van der Waals surface area contributed by atoms with Gasteiger partial charge in [0.1, 0.15) is 0 Å². The highest BCUT2D eigenvalue weighted by molar-refractivity contribution is 4.71. The zero-order valence-electron chi connectivity index (χ0n) is 7.92. The van der Waals surface area contributed by atoms with Crippen LogP contribution in [0.15, 0.2) is 0 Å². The predicted octanol–water partition coefficient (Wildman–Crippen LogP) is 0.524. The molecule has 0 aromatic heterocycles. The second kappa shape index (κ2) is 4.80. The summed E-state index contributed by atoms with van der Waals surface area (Å²) in [7, 11) is 0. The quantitative estimate of drug-likeness (QED) is 0.654. The largest absolute Gasteiger partial charge is 0.391 e. The molecule has 1 rings (SSSR count). The van der Waals surface area contributed by atoms with E-state index in [0.717, 1.165) is 19.5 Å². The van der Waals surface area contributed by atoms with Crippen LogP contribution in [0.3, 0.4) is 0 Å². The van der Waals surface area contributed by atoms with E-state index in [1.165, 1.54) is 6.42 Å². The summed E-state index contributed by atoms with van der Waals surface area (Å²) in [6, 6.07) is 0. The fraction of sp³-hybridized carbons (Fsp3) is 1.00. The number of aliphatic hydroxyl groups excluding tert-OH is 1. The first-order valence-electron chi connectivity index (χ1n) is 4.74. The molecule has 1 aliphatic heterocycles. The van der Waals surface area contributed by atoms with Gasteiger partial charge in [-0.1, -0.05) is 0 Å². The van der Waals surface area contributed by atoms with Crippen molar-refractivity contribution in [1.29, 1.82) is 0 Å². The van der Waals surface area contributed by atoms with Crippen molar-refractivity contribution in [2.45, 2.75) is 45.0 Å². The molecule has 12 heavy (non-hydrogen) atoms. The van der Waals surface area contributed by atoms with Crippen LogP contribution in [0.1, 0.15) is 26.7 Å². The first kappa shape index (κ1) is 9.96. The Hall–Kier alpha value is -0.120. The Morgan fingerprint density at radius 2 is 2.25 bits per heavy atom. The molecule has 0 bridgehead atoms. The van der Waals surface area contributed by atoms with Gasteiger partial charge in [-0.2, -0.15) is 0 Å². The van der Waals surface area contributed by atoms with Gasteiger partial charge >= 0.3 is 0 Å². The zero-order valence-corrected chi connectivity index (χ0v) is 7.92. The topological polar surface area (TPSA) is 41.5 Å². The van der Waals surface area contributed by atoms with Crippen LogP contribution in [0, 0.1) is 0 Å². The average molecular weight is 173 g/mol. The first-order valence-corrected chi connectivity index (χ1v) is 4.74. The SMILES string of the molecule is CC(O)C(C)O[C@H]1CCCNC1. The summed E-state index contributed by atoms with van der Waals surface area (Å²) in [5.41, 5.74) is 0. The minimum absolute atomic E-state index is 0.0464. The summed E-state index contributed by atoms with van der Waals surface area (Å²) in [4.78, 5) is 0. The molecule has 0 spiro atoms. The summed E-state index contributed by atoms with van der Waals surface area (Å²) < 4.78 is 5.64. The summed E-state index contributed by atoms with van der Waals surface area (Å²) in [5.74, 6) is 0. The van der Waals surface area contributed by atoms with Gasteiger partial charge < -0.3 is 15.2 Å². The van der Waals surface area contributed by atoms with Crippen molar-refractivity contribution in [3.8, 4) is 0 Å². The number of hydrogen-bond donors (Lipinski definition) is 2. The molecule has 1 aliphatic rings. The van der Waals surface area contributed by atoms with E-state index in [0.29, 0.717) is 6.10 Å². The Morgan fingerprint density at radius 1 is 1.50 bits per heavy atom. The predicted molar refractivity (Wildman–Crippen MR) is 48.1 cm³/mol. The molecule has 1 heterocycles. The van der Waals surface area contributed by atoms with Crippen molar-refractivity contribution >= 4 is 0 Å². The Balaban J connectivity index is 2.20. The second-order valence-corrected chi connectivity index (χ2v) is 3.55. The van der Waals surface area contributed by atoms with Crippen molar-refractivity contribution in [2.75, 3.05) is 13.1 Å². The molecule has 3 nitrogen and oxygen atoms in total. The van der Waals surface area contributed by atoms with E-state index < -0.39 is 0 Å². The van der Waals surface area contributed by atoms with Gasteiger partial charge in [-0.3, -0.25) is 0 Å². The lowest BCUT2D eigenvalue weighted by molar-refractivity contribution is -0.0673. The molecule has 0 saturated carbocycles. The third-order valence-electron chi connectivity index (χ3n) is 2.34. The maximum absolute atomic E-state index is 9.21. The smallest absolute Gasteiger partial charge is 0.0807 e. The molecule has 3 atom stereocenters. The fourth-order valence-electron chi connectivity index (χ4n) is 1.35. The molecule has 0 aliphatic carbocycles. The van der Waals surface area contributed by atoms with Crippen LogP contribution in [0.2, 0.25) is 0 Å². The highest BCUT2D eigenvalue weighted by atomic mass is 16.5. The lowest BCUT2D eigenvalue weighted by Crippen LogP contribution is -2.39. The average Bonchev–Trinajstić information content (AvgIpc) is 2.06. The van der Waals surface area contributed by atoms with Crippen LogP contribution >= 0.6 is 0 Å². The van der Waals surface area contributed by atoms with Crippen LogP contribution in [0.25, 0.3) is 0 Å². The monoisotopic (exact) mass is 173 g/mol. The summed E-state index contributed by atoms with van der Waals surface area (Å²) >= 11 is 0. The van der Waals surface area contributed by atoms with E-state index in [1.807, 2.05) is 6.92 Å². The van der Waals surface area contributed by atoms with Gasteiger partial charge in [-0.05, 0) is 33.2 Å². The van der Waals surface area contributed by atoms with Crippen molar-refractivity contribution in [1.82, 2.24) is 5.32 Å². The molecule has 0 amide bonds. The number of rotatable bonds is 3. The van der Waals surface area contributed by atoms with E-state index >= 15 is 0 Å². The number of nitrogens with one attached hydrogen (secondary N) is 1. The summed E-state index contributed by atoms with van der Waals surface area (Å²) in [6.07, 6.45) is 2.17. The lowest BCUT2D eigenvalue weighted by Gasteiger charge is -2.27. The van der Waals surface area contributed by atoms with Crippen LogP contribution in [-0.2, 0) is 4.74 Å². The summed E-state index contributed by atoms with van der Waals surface area (Å²) in [5, 5.41) is 12.5. The third kappa shape index (κ3) is 3.09. The molecule has 72 valence electrons. The third-order valence-corrected chi connectivity index (χ3v) is 2.34. The maximum Gasteiger partial charge on any atom is 0.0807 e. The second-order valence-electron chi connectivity index (χ2n) is 3.55.